The lowest BCUT2D eigenvalue weighted by Gasteiger charge is -2.28. The first-order valence-corrected chi connectivity index (χ1v) is 10.0. The Kier molecular flexibility index (Phi) is 5.61. The number of carbonyl (C=O) groups is 1. The van der Waals surface area contributed by atoms with Crippen molar-refractivity contribution in [2.75, 3.05) is 0 Å². The smallest absolute Gasteiger partial charge is 0.358 e. The van der Waals surface area contributed by atoms with Crippen molar-refractivity contribution in [1.29, 1.82) is 0 Å². The van der Waals surface area contributed by atoms with Crippen molar-refractivity contribution in [3.05, 3.63) is 87.9 Å². The van der Waals surface area contributed by atoms with Crippen molar-refractivity contribution in [2.24, 2.45) is 0 Å². The Hall–Kier alpha value is -3.48. The van der Waals surface area contributed by atoms with Crippen molar-refractivity contribution in [3.63, 3.8) is 0 Å². The topological polar surface area (TPSA) is 105 Å². The molecule has 0 radical (unpaired) electrons. The van der Waals surface area contributed by atoms with Crippen LogP contribution in [-0.4, -0.2) is 26.0 Å². The number of hydrogen-bond acceptors (Lipinski definition) is 5. The second-order valence-corrected chi connectivity index (χ2v) is 7.65. The SMILES string of the molecule is O=C(O)c1nc(CC2(c3ccccn3)CCCC2)[nH]c(=O)c1OCc1ccccc1. The van der Waals surface area contributed by atoms with Gasteiger partial charge in [0.15, 0.2) is 5.69 Å². The van der Waals surface area contributed by atoms with E-state index in [1.807, 2.05) is 48.5 Å². The van der Waals surface area contributed by atoms with Crippen LogP contribution in [0.3, 0.4) is 0 Å². The Morgan fingerprint density at radius 2 is 1.83 bits per heavy atom. The molecule has 1 saturated carbocycles. The molecule has 0 saturated heterocycles. The summed E-state index contributed by atoms with van der Waals surface area (Å²) in [4.78, 5) is 36.1. The van der Waals surface area contributed by atoms with E-state index in [0.717, 1.165) is 36.9 Å². The number of H-pyrrole nitrogens is 1. The van der Waals surface area contributed by atoms with Gasteiger partial charge in [-0.3, -0.25) is 9.78 Å². The normalized spacial score (nSPS) is 15.1. The highest BCUT2D eigenvalue weighted by atomic mass is 16.5. The van der Waals surface area contributed by atoms with Crippen molar-refractivity contribution in [3.8, 4) is 5.75 Å². The first-order valence-electron chi connectivity index (χ1n) is 10.0. The van der Waals surface area contributed by atoms with E-state index in [-0.39, 0.29) is 23.5 Å². The van der Waals surface area contributed by atoms with Crippen LogP contribution in [0.5, 0.6) is 5.75 Å². The number of hydrogen-bond donors (Lipinski definition) is 2. The molecule has 0 aliphatic heterocycles. The molecule has 1 aromatic carbocycles. The van der Waals surface area contributed by atoms with E-state index in [4.69, 9.17) is 4.74 Å². The molecule has 0 unspecified atom stereocenters. The summed E-state index contributed by atoms with van der Waals surface area (Å²) >= 11 is 0. The van der Waals surface area contributed by atoms with Gasteiger partial charge in [0.05, 0.1) is 0 Å². The lowest BCUT2D eigenvalue weighted by Crippen LogP contribution is -2.30. The number of carboxylic acid groups (broad SMARTS) is 1. The van der Waals surface area contributed by atoms with Gasteiger partial charge in [0.25, 0.3) is 5.56 Å². The van der Waals surface area contributed by atoms with Crippen LogP contribution in [0.1, 0.15) is 53.3 Å². The maximum absolute atomic E-state index is 12.7. The Balaban J connectivity index is 1.65. The molecule has 0 spiro atoms. The second-order valence-electron chi connectivity index (χ2n) is 7.65. The number of aromatic carboxylic acids is 1. The van der Waals surface area contributed by atoms with Gasteiger partial charge in [-0.2, -0.15) is 0 Å². The van der Waals surface area contributed by atoms with Crippen LogP contribution >= 0.6 is 0 Å². The molecular formula is C23H23N3O4. The first-order chi connectivity index (χ1) is 14.6. The monoisotopic (exact) mass is 405 g/mol. The van der Waals surface area contributed by atoms with Crippen LogP contribution in [0, 0.1) is 0 Å². The van der Waals surface area contributed by atoms with E-state index in [1.165, 1.54) is 0 Å². The molecule has 4 rings (SSSR count). The Morgan fingerprint density at radius 3 is 2.50 bits per heavy atom. The van der Waals surface area contributed by atoms with E-state index < -0.39 is 11.5 Å². The fourth-order valence-electron chi connectivity index (χ4n) is 4.17. The number of benzene rings is 1. The number of aromatic amines is 1. The van der Waals surface area contributed by atoms with Gasteiger partial charge in [0.1, 0.15) is 12.4 Å². The number of nitrogens with one attached hydrogen (secondary N) is 1. The third-order valence-corrected chi connectivity index (χ3v) is 5.63. The average molecular weight is 405 g/mol. The quantitative estimate of drug-likeness (QED) is 0.623. The molecule has 154 valence electrons. The largest absolute Gasteiger partial charge is 0.481 e. The summed E-state index contributed by atoms with van der Waals surface area (Å²) in [7, 11) is 0. The highest BCUT2D eigenvalue weighted by molar-refractivity contribution is 5.88. The van der Waals surface area contributed by atoms with Crippen LogP contribution in [0.2, 0.25) is 0 Å². The van der Waals surface area contributed by atoms with Crippen LogP contribution < -0.4 is 10.3 Å². The zero-order valence-electron chi connectivity index (χ0n) is 16.5. The zero-order valence-corrected chi connectivity index (χ0v) is 16.5. The third-order valence-electron chi connectivity index (χ3n) is 5.63. The van der Waals surface area contributed by atoms with Gasteiger partial charge in [0.2, 0.25) is 5.75 Å². The maximum atomic E-state index is 12.7. The maximum Gasteiger partial charge on any atom is 0.358 e. The minimum atomic E-state index is -1.29. The lowest BCUT2D eigenvalue weighted by atomic mass is 9.79. The Bertz CT molecular complexity index is 1070. The number of nitrogens with zero attached hydrogens (tertiary/aromatic N) is 2. The van der Waals surface area contributed by atoms with Crippen LogP contribution in [0.25, 0.3) is 0 Å². The molecule has 2 N–H and O–H groups in total. The van der Waals surface area contributed by atoms with Gasteiger partial charge in [0, 0.05) is 23.7 Å². The molecule has 0 atom stereocenters. The Morgan fingerprint density at radius 1 is 1.10 bits per heavy atom. The summed E-state index contributed by atoms with van der Waals surface area (Å²) < 4.78 is 5.55. The third kappa shape index (κ3) is 4.10. The van der Waals surface area contributed by atoms with E-state index in [0.29, 0.717) is 12.2 Å². The molecule has 1 fully saturated rings. The highest BCUT2D eigenvalue weighted by Crippen LogP contribution is 2.42. The first kappa shape index (κ1) is 19.8. The van der Waals surface area contributed by atoms with E-state index >= 15 is 0 Å². The second kappa shape index (κ2) is 8.49. The van der Waals surface area contributed by atoms with Crippen molar-refractivity contribution in [1.82, 2.24) is 15.0 Å². The van der Waals surface area contributed by atoms with Gasteiger partial charge >= 0.3 is 5.97 Å². The van der Waals surface area contributed by atoms with Gasteiger partial charge in [-0.25, -0.2) is 9.78 Å². The number of aromatic nitrogens is 3. The van der Waals surface area contributed by atoms with Gasteiger partial charge in [-0.15, -0.1) is 0 Å². The molecule has 0 amide bonds. The number of pyridine rings is 1. The minimum absolute atomic E-state index is 0.0864. The molecule has 7 heteroatoms. The summed E-state index contributed by atoms with van der Waals surface area (Å²) in [6.07, 6.45) is 6.15. The zero-order chi connectivity index (χ0) is 21.0. The lowest BCUT2D eigenvalue weighted by molar-refractivity contribution is 0.0683. The van der Waals surface area contributed by atoms with E-state index in [1.54, 1.807) is 6.20 Å². The fourth-order valence-corrected chi connectivity index (χ4v) is 4.17. The molecule has 30 heavy (non-hydrogen) atoms. The molecule has 1 aliphatic carbocycles. The van der Waals surface area contributed by atoms with E-state index in [2.05, 4.69) is 15.0 Å². The van der Waals surface area contributed by atoms with Crippen LogP contribution in [0.4, 0.5) is 0 Å². The minimum Gasteiger partial charge on any atom is -0.481 e. The molecule has 2 aromatic heterocycles. The van der Waals surface area contributed by atoms with Gasteiger partial charge < -0.3 is 14.8 Å². The summed E-state index contributed by atoms with van der Waals surface area (Å²) in [5.74, 6) is -1.21. The predicted octanol–water partition coefficient (Wildman–Crippen LogP) is 3.50. The molecule has 3 aromatic rings. The standard InChI is InChI=1S/C23H23N3O4/c27-21-20(30-15-16-8-2-1-3-9-16)19(22(28)29)25-18(26-21)14-23(11-5-6-12-23)17-10-4-7-13-24-17/h1-4,7-10,13H,5-6,11-12,14-15H2,(H,28,29)(H,25,26,27). The van der Waals surface area contributed by atoms with Crippen LogP contribution in [0.15, 0.2) is 59.5 Å². The summed E-state index contributed by atoms with van der Waals surface area (Å²) in [6.45, 7) is 0.0864. The summed E-state index contributed by atoms with van der Waals surface area (Å²) in [6, 6.07) is 15.0. The fraction of sp³-hybridized carbons (Fsp3) is 0.304. The highest BCUT2D eigenvalue weighted by Gasteiger charge is 2.38. The van der Waals surface area contributed by atoms with Crippen LogP contribution in [-0.2, 0) is 18.4 Å². The molecular weight excluding hydrogens is 382 g/mol. The van der Waals surface area contributed by atoms with Crippen molar-refractivity contribution < 1.29 is 14.6 Å². The average Bonchev–Trinajstić information content (AvgIpc) is 3.23. The van der Waals surface area contributed by atoms with E-state index in [9.17, 15) is 14.7 Å². The van der Waals surface area contributed by atoms with Gasteiger partial charge in [-0.1, -0.05) is 49.2 Å². The number of ether oxygens (including phenoxy) is 1. The summed E-state index contributed by atoms with van der Waals surface area (Å²) in [5.41, 5.74) is 0.587. The molecule has 1 aliphatic rings. The van der Waals surface area contributed by atoms with Crippen molar-refractivity contribution in [2.45, 2.75) is 44.1 Å². The predicted molar refractivity (Wildman–Crippen MR) is 111 cm³/mol. The summed E-state index contributed by atoms with van der Waals surface area (Å²) in [5, 5.41) is 9.65. The molecule has 0 bridgehead atoms. The Labute approximate surface area is 173 Å². The molecule has 2 heterocycles. The van der Waals surface area contributed by atoms with Crippen molar-refractivity contribution >= 4 is 5.97 Å². The van der Waals surface area contributed by atoms with Gasteiger partial charge in [-0.05, 0) is 30.5 Å². The molecule has 7 nitrogen and oxygen atoms in total. The number of carboxylic acids is 1. The number of rotatable bonds is 7.